The largest absolute Gasteiger partial charge is 0.480 e. The van der Waals surface area contributed by atoms with E-state index in [2.05, 4.69) is 25.8 Å². The fraction of sp³-hybridized carbons (Fsp3) is 0.583. The fourth-order valence-corrected chi connectivity index (χ4v) is 1.86. The number of tetrazole rings is 1. The number of aliphatic carboxylic acids is 1. The molecular formula is C12H18N6O4. The van der Waals surface area contributed by atoms with Crippen molar-refractivity contribution in [2.75, 3.05) is 0 Å². The number of hydrogen-bond donors (Lipinski definition) is 3. The zero-order valence-corrected chi connectivity index (χ0v) is 12.5. The van der Waals surface area contributed by atoms with Gasteiger partial charge < -0.3 is 20.1 Å². The number of rotatable bonds is 6. The molecular weight excluding hydrogens is 292 g/mol. The first kappa shape index (κ1) is 15.9. The molecule has 0 aliphatic heterocycles. The Bertz CT molecular complexity index is 631. The minimum absolute atomic E-state index is 0.0297. The van der Waals surface area contributed by atoms with Gasteiger partial charge in [0.05, 0.1) is 5.56 Å². The standard InChI is InChI=1S/C12H18N6O4/c1-12(2,3)9-6(4-7(13)11(19)20)10(16-22-9)21-5-8-14-17-18-15-8/h7H,4-5,13H2,1-3H3,(H,19,20)(H,14,15,17,18). The van der Waals surface area contributed by atoms with Crippen LogP contribution in [0.4, 0.5) is 0 Å². The minimum Gasteiger partial charge on any atom is -0.480 e. The highest BCUT2D eigenvalue weighted by Gasteiger charge is 2.30. The summed E-state index contributed by atoms with van der Waals surface area (Å²) in [7, 11) is 0. The van der Waals surface area contributed by atoms with Gasteiger partial charge >= 0.3 is 5.97 Å². The Balaban J connectivity index is 2.24. The van der Waals surface area contributed by atoms with Crippen LogP contribution < -0.4 is 10.5 Å². The number of nitrogens with one attached hydrogen (secondary N) is 1. The van der Waals surface area contributed by atoms with Crippen LogP contribution in [0, 0.1) is 0 Å². The molecule has 4 N–H and O–H groups in total. The molecule has 10 nitrogen and oxygen atoms in total. The summed E-state index contributed by atoms with van der Waals surface area (Å²) in [6.45, 7) is 5.80. The molecule has 0 amide bonds. The van der Waals surface area contributed by atoms with Gasteiger partial charge in [0.15, 0.2) is 6.61 Å². The Morgan fingerprint density at radius 1 is 1.50 bits per heavy atom. The molecule has 0 fully saturated rings. The number of hydrogen-bond acceptors (Lipinski definition) is 8. The Labute approximate surface area is 126 Å². The van der Waals surface area contributed by atoms with Crippen molar-refractivity contribution in [1.29, 1.82) is 0 Å². The van der Waals surface area contributed by atoms with Crippen LogP contribution in [0.1, 0.15) is 37.9 Å². The van der Waals surface area contributed by atoms with Crippen molar-refractivity contribution < 1.29 is 19.2 Å². The SMILES string of the molecule is CC(C)(C)c1onc(OCc2nn[nH]n2)c1CC(N)C(=O)O. The average Bonchev–Trinajstić information content (AvgIpc) is 3.04. The number of carboxylic acids is 1. The third-order valence-corrected chi connectivity index (χ3v) is 2.90. The van der Waals surface area contributed by atoms with Gasteiger partial charge in [-0.2, -0.15) is 5.21 Å². The molecule has 0 aromatic carbocycles. The Hall–Kier alpha value is -2.49. The average molecular weight is 310 g/mol. The predicted molar refractivity (Wildman–Crippen MR) is 73.0 cm³/mol. The molecule has 22 heavy (non-hydrogen) atoms. The summed E-state index contributed by atoms with van der Waals surface area (Å²) >= 11 is 0. The van der Waals surface area contributed by atoms with E-state index >= 15 is 0 Å². The minimum atomic E-state index is -1.11. The van der Waals surface area contributed by atoms with Crippen LogP contribution >= 0.6 is 0 Å². The summed E-state index contributed by atoms with van der Waals surface area (Å²) in [5, 5.41) is 26.1. The van der Waals surface area contributed by atoms with Crippen molar-refractivity contribution >= 4 is 5.97 Å². The van der Waals surface area contributed by atoms with Crippen molar-refractivity contribution in [3.63, 3.8) is 0 Å². The fourth-order valence-electron chi connectivity index (χ4n) is 1.86. The highest BCUT2D eigenvalue weighted by Crippen LogP contribution is 2.32. The number of carbonyl (C=O) groups is 1. The molecule has 120 valence electrons. The first-order valence-corrected chi connectivity index (χ1v) is 6.61. The number of aromatic nitrogens is 5. The predicted octanol–water partition coefficient (Wildman–Crippen LogP) is 0.0186. The first-order valence-electron chi connectivity index (χ1n) is 6.61. The molecule has 10 heteroatoms. The van der Waals surface area contributed by atoms with Crippen LogP contribution in [-0.4, -0.2) is 42.9 Å². The summed E-state index contributed by atoms with van der Waals surface area (Å²) in [6, 6.07) is -1.08. The summed E-state index contributed by atoms with van der Waals surface area (Å²) in [4.78, 5) is 11.0. The number of ether oxygens (including phenoxy) is 1. The lowest BCUT2D eigenvalue weighted by Gasteiger charge is -2.17. The third-order valence-electron chi connectivity index (χ3n) is 2.90. The second-order valence-electron chi connectivity index (χ2n) is 5.81. The number of aromatic amines is 1. The molecule has 1 atom stereocenters. The van der Waals surface area contributed by atoms with Crippen molar-refractivity contribution in [3.05, 3.63) is 17.1 Å². The summed E-state index contributed by atoms with van der Waals surface area (Å²) in [6.07, 6.45) is 0.0486. The van der Waals surface area contributed by atoms with Crippen LogP contribution in [0.2, 0.25) is 0 Å². The monoisotopic (exact) mass is 310 g/mol. The Morgan fingerprint density at radius 3 is 2.77 bits per heavy atom. The highest BCUT2D eigenvalue weighted by molar-refractivity contribution is 5.73. The maximum atomic E-state index is 11.0. The molecule has 0 radical (unpaired) electrons. The number of nitrogens with zero attached hydrogens (tertiary/aromatic N) is 4. The maximum absolute atomic E-state index is 11.0. The van der Waals surface area contributed by atoms with Gasteiger partial charge in [0.1, 0.15) is 11.8 Å². The smallest absolute Gasteiger partial charge is 0.320 e. The van der Waals surface area contributed by atoms with E-state index in [0.717, 1.165) is 0 Å². The number of H-pyrrole nitrogens is 1. The van der Waals surface area contributed by atoms with Crippen molar-refractivity contribution in [2.45, 2.75) is 45.3 Å². The van der Waals surface area contributed by atoms with E-state index in [1.807, 2.05) is 20.8 Å². The lowest BCUT2D eigenvalue weighted by atomic mass is 9.88. The van der Waals surface area contributed by atoms with Gasteiger partial charge in [0.25, 0.3) is 5.88 Å². The van der Waals surface area contributed by atoms with Crippen LogP contribution in [0.5, 0.6) is 5.88 Å². The van der Waals surface area contributed by atoms with Gasteiger partial charge in [-0.05, 0) is 5.16 Å². The van der Waals surface area contributed by atoms with Gasteiger partial charge in [-0.1, -0.05) is 26.0 Å². The molecule has 0 saturated heterocycles. The maximum Gasteiger partial charge on any atom is 0.320 e. The van der Waals surface area contributed by atoms with Crippen LogP contribution in [-0.2, 0) is 23.2 Å². The van der Waals surface area contributed by atoms with Gasteiger partial charge in [-0.3, -0.25) is 4.79 Å². The third kappa shape index (κ3) is 3.58. The molecule has 0 bridgehead atoms. The molecule has 0 aliphatic rings. The summed E-state index contributed by atoms with van der Waals surface area (Å²) in [5.74, 6) is -0.0438. The van der Waals surface area contributed by atoms with Crippen LogP contribution in [0.25, 0.3) is 0 Å². The van der Waals surface area contributed by atoms with E-state index in [1.165, 1.54) is 0 Å². The highest BCUT2D eigenvalue weighted by atomic mass is 16.5. The van der Waals surface area contributed by atoms with E-state index in [-0.39, 0.29) is 24.3 Å². The van der Waals surface area contributed by atoms with Crippen LogP contribution in [0.15, 0.2) is 4.52 Å². The zero-order valence-electron chi connectivity index (χ0n) is 12.5. The summed E-state index contributed by atoms with van der Waals surface area (Å²) < 4.78 is 10.8. The second-order valence-corrected chi connectivity index (χ2v) is 5.81. The molecule has 0 spiro atoms. The molecule has 2 heterocycles. The van der Waals surface area contributed by atoms with E-state index in [4.69, 9.17) is 20.1 Å². The molecule has 2 aromatic heterocycles. The molecule has 0 aliphatic carbocycles. The molecule has 1 unspecified atom stereocenters. The quantitative estimate of drug-likeness (QED) is 0.669. The van der Waals surface area contributed by atoms with E-state index < -0.39 is 12.0 Å². The van der Waals surface area contributed by atoms with Crippen molar-refractivity contribution in [1.82, 2.24) is 25.8 Å². The van der Waals surface area contributed by atoms with E-state index in [9.17, 15) is 4.79 Å². The van der Waals surface area contributed by atoms with Gasteiger partial charge in [-0.25, -0.2) is 0 Å². The van der Waals surface area contributed by atoms with Crippen molar-refractivity contribution in [3.8, 4) is 5.88 Å². The number of nitrogens with two attached hydrogens (primary N) is 1. The van der Waals surface area contributed by atoms with E-state index in [1.54, 1.807) is 0 Å². The normalized spacial score (nSPS) is 13.1. The Kier molecular flexibility index (Phi) is 4.40. The lowest BCUT2D eigenvalue weighted by molar-refractivity contribution is -0.138. The molecule has 0 saturated carbocycles. The van der Waals surface area contributed by atoms with Crippen molar-refractivity contribution in [2.24, 2.45) is 5.73 Å². The topological polar surface area (TPSA) is 153 Å². The van der Waals surface area contributed by atoms with Gasteiger partial charge in [-0.15, -0.1) is 10.2 Å². The first-order chi connectivity index (χ1) is 10.3. The van der Waals surface area contributed by atoms with Crippen LogP contribution in [0.3, 0.4) is 0 Å². The number of carboxylic acid groups (broad SMARTS) is 1. The summed E-state index contributed by atoms with van der Waals surface area (Å²) in [5.41, 5.74) is 5.78. The lowest BCUT2D eigenvalue weighted by Crippen LogP contribution is -2.33. The van der Waals surface area contributed by atoms with Gasteiger partial charge in [0.2, 0.25) is 5.82 Å². The van der Waals surface area contributed by atoms with Gasteiger partial charge in [0, 0.05) is 11.8 Å². The zero-order chi connectivity index (χ0) is 16.3. The Morgan fingerprint density at radius 2 is 2.23 bits per heavy atom. The van der Waals surface area contributed by atoms with E-state index in [0.29, 0.717) is 17.1 Å². The molecule has 2 rings (SSSR count). The molecule has 2 aromatic rings. The second kappa shape index (κ2) is 6.10.